The van der Waals surface area contributed by atoms with Crippen LogP contribution in [0.15, 0.2) is 18.2 Å². The van der Waals surface area contributed by atoms with E-state index in [1.54, 1.807) is 6.07 Å². The lowest BCUT2D eigenvalue weighted by atomic mass is 10.2. The number of nitrogens with one attached hydrogen (secondary N) is 1. The predicted octanol–water partition coefficient (Wildman–Crippen LogP) is 1.68. The maximum Gasteiger partial charge on any atom is 0.147 e. The molecule has 0 bridgehead atoms. The van der Waals surface area contributed by atoms with Gasteiger partial charge in [-0.05, 0) is 18.6 Å². The minimum absolute atomic E-state index is 0.128. The molecule has 6 heteroatoms. The van der Waals surface area contributed by atoms with Crippen LogP contribution in [-0.4, -0.2) is 34.1 Å². The first kappa shape index (κ1) is 13.8. The topological polar surface area (TPSA) is 55.4 Å². The molecule has 0 fully saturated rings. The third-order valence-corrected chi connectivity index (χ3v) is 3.20. The first-order chi connectivity index (χ1) is 7.92. The van der Waals surface area contributed by atoms with Crippen molar-refractivity contribution in [3.05, 3.63) is 24.0 Å². The summed E-state index contributed by atoms with van der Waals surface area (Å²) < 4.78 is 39.7. The fraction of sp³-hybridized carbons (Fsp3) is 0.455. The molecule has 0 amide bonds. The molecule has 0 saturated carbocycles. The molecular formula is C11H16FNO3S. The van der Waals surface area contributed by atoms with Crippen molar-refractivity contribution in [3.8, 4) is 5.75 Å². The van der Waals surface area contributed by atoms with E-state index in [2.05, 4.69) is 5.32 Å². The Hall–Kier alpha value is -1.30. The Morgan fingerprint density at radius 3 is 2.71 bits per heavy atom. The summed E-state index contributed by atoms with van der Waals surface area (Å²) in [5.41, 5.74) is 0.655. The standard InChI is InChI=1S/C11H16FNO3S/c1-16-11-8-9(12)4-5-10(11)13-6-3-7-17(2,14)15/h4-5,8,13H,3,6-7H2,1-2H3. The second kappa shape index (κ2) is 5.86. The maximum atomic E-state index is 12.9. The molecule has 1 aromatic carbocycles. The van der Waals surface area contributed by atoms with Crippen LogP contribution < -0.4 is 10.1 Å². The number of hydrogen-bond donors (Lipinski definition) is 1. The number of halogens is 1. The Balaban J connectivity index is 2.52. The number of anilines is 1. The van der Waals surface area contributed by atoms with Gasteiger partial charge in [-0.1, -0.05) is 0 Å². The first-order valence-corrected chi connectivity index (χ1v) is 7.23. The number of rotatable bonds is 6. The zero-order valence-corrected chi connectivity index (χ0v) is 10.7. The van der Waals surface area contributed by atoms with E-state index in [0.717, 1.165) is 0 Å². The molecule has 0 aliphatic carbocycles. The monoisotopic (exact) mass is 261 g/mol. The Kier molecular flexibility index (Phi) is 4.74. The second-order valence-corrected chi connectivity index (χ2v) is 6.01. The molecule has 0 radical (unpaired) electrons. The Morgan fingerprint density at radius 1 is 1.41 bits per heavy atom. The van der Waals surface area contributed by atoms with Crippen LogP contribution in [0.2, 0.25) is 0 Å². The molecule has 1 aromatic rings. The van der Waals surface area contributed by atoms with Crippen molar-refractivity contribution in [1.82, 2.24) is 0 Å². The van der Waals surface area contributed by atoms with Crippen LogP contribution in [0.5, 0.6) is 5.75 Å². The lowest BCUT2D eigenvalue weighted by Gasteiger charge is -2.10. The summed E-state index contributed by atoms with van der Waals surface area (Å²) in [7, 11) is -1.48. The zero-order valence-electron chi connectivity index (χ0n) is 9.86. The second-order valence-electron chi connectivity index (χ2n) is 3.75. The number of benzene rings is 1. The molecule has 17 heavy (non-hydrogen) atoms. The summed E-state index contributed by atoms with van der Waals surface area (Å²) >= 11 is 0. The fourth-order valence-corrected chi connectivity index (χ4v) is 2.04. The molecule has 0 aliphatic rings. The van der Waals surface area contributed by atoms with E-state index in [4.69, 9.17) is 4.74 Å². The highest BCUT2D eigenvalue weighted by molar-refractivity contribution is 7.90. The summed E-state index contributed by atoms with van der Waals surface area (Å²) in [6.45, 7) is 0.495. The van der Waals surface area contributed by atoms with E-state index in [-0.39, 0.29) is 11.6 Å². The average molecular weight is 261 g/mol. The quantitative estimate of drug-likeness (QED) is 0.792. The van der Waals surface area contributed by atoms with Gasteiger partial charge in [0.15, 0.2) is 0 Å². The van der Waals surface area contributed by atoms with Crippen LogP contribution in [-0.2, 0) is 9.84 Å². The molecule has 0 atom stereocenters. The van der Waals surface area contributed by atoms with Crippen LogP contribution in [0.1, 0.15) is 6.42 Å². The SMILES string of the molecule is COc1cc(F)ccc1NCCCS(C)(=O)=O. The lowest BCUT2D eigenvalue weighted by Crippen LogP contribution is -2.10. The highest BCUT2D eigenvalue weighted by Gasteiger charge is 2.05. The van der Waals surface area contributed by atoms with Gasteiger partial charge in [-0.2, -0.15) is 0 Å². The van der Waals surface area contributed by atoms with Gasteiger partial charge in [0, 0.05) is 18.9 Å². The predicted molar refractivity (Wildman–Crippen MR) is 65.8 cm³/mol. The normalized spacial score (nSPS) is 11.2. The first-order valence-electron chi connectivity index (χ1n) is 5.17. The molecule has 0 heterocycles. The van der Waals surface area contributed by atoms with Gasteiger partial charge >= 0.3 is 0 Å². The molecule has 0 spiro atoms. The van der Waals surface area contributed by atoms with Crippen LogP contribution in [0.3, 0.4) is 0 Å². The van der Waals surface area contributed by atoms with Gasteiger partial charge in [-0.3, -0.25) is 0 Å². The van der Waals surface area contributed by atoms with E-state index < -0.39 is 9.84 Å². The molecule has 0 unspecified atom stereocenters. The van der Waals surface area contributed by atoms with Crippen molar-refractivity contribution in [2.45, 2.75) is 6.42 Å². The van der Waals surface area contributed by atoms with E-state index in [0.29, 0.717) is 24.4 Å². The van der Waals surface area contributed by atoms with Gasteiger partial charge in [-0.15, -0.1) is 0 Å². The number of ether oxygens (including phenoxy) is 1. The molecule has 1 rings (SSSR count). The third-order valence-electron chi connectivity index (χ3n) is 2.17. The largest absolute Gasteiger partial charge is 0.494 e. The van der Waals surface area contributed by atoms with Gasteiger partial charge in [0.05, 0.1) is 18.6 Å². The van der Waals surface area contributed by atoms with Crippen molar-refractivity contribution in [3.63, 3.8) is 0 Å². The molecule has 0 saturated heterocycles. The minimum Gasteiger partial charge on any atom is -0.494 e. The van der Waals surface area contributed by atoms with Crippen LogP contribution >= 0.6 is 0 Å². The zero-order chi connectivity index (χ0) is 12.9. The smallest absolute Gasteiger partial charge is 0.147 e. The van der Waals surface area contributed by atoms with E-state index >= 15 is 0 Å². The van der Waals surface area contributed by atoms with Gasteiger partial charge in [0.2, 0.25) is 0 Å². The minimum atomic E-state index is -2.93. The lowest BCUT2D eigenvalue weighted by molar-refractivity contribution is 0.413. The summed E-state index contributed by atoms with van der Waals surface area (Å²) in [5.74, 6) is 0.164. The van der Waals surface area contributed by atoms with Crippen molar-refractivity contribution in [2.75, 3.05) is 31.0 Å². The highest BCUT2D eigenvalue weighted by Crippen LogP contribution is 2.24. The van der Waals surface area contributed by atoms with E-state index in [9.17, 15) is 12.8 Å². The van der Waals surface area contributed by atoms with Gasteiger partial charge in [0.25, 0.3) is 0 Å². The fourth-order valence-electron chi connectivity index (χ4n) is 1.37. The molecule has 0 aromatic heterocycles. The van der Waals surface area contributed by atoms with Gasteiger partial charge in [0.1, 0.15) is 21.4 Å². The highest BCUT2D eigenvalue weighted by atomic mass is 32.2. The Morgan fingerprint density at radius 2 is 2.12 bits per heavy atom. The average Bonchev–Trinajstić information content (AvgIpc) is 2.24. The third kappa shape index (κ3) is 5.04. The van der Waals surface area contributed by atoms with Crippen LogP contribution in [0.25, 0.3) is 0 Å². The summed E-state index contributed by atoms with van der Waals surface area (Å²) in [5, 5.41) is 3.01. The number of sulfone groups is 1. The molecule has 0 aliphatic heterocycles. The molecule has 4 nitrogen and oxygen atoms in total. The summed E-state index contributed by atoms with van der Waals surface area (Å²) in [6.07, 6.45) is 1.70. The van der Waals surface area contributed by atoms with Crippen molar-refractivity contribution < 1.29 is 17.5 Å². The van der Waals surface area contributed by atoms with Gasteiger partial charge < -0.3 is 10.1 Å². The van der Waals surface area contributed by atoms with Crippen LogP contribution in [0.4, 0.5) is 10.1 Å². The molecule has 96 valence electrons. The summed E-state index contributed by atoms with van der Waals surface area (Å²) in [4.78, 5) is 0. The van der Waals surface area contributed by atoms with Gasteiger partial charge in [-0.25, -0.2) is 12.8 Å². The van der Waals surface area contributed by atoms with E-state index in [1.165, 1.54) is 25.5 Å². The van der Waals surface area contributed by atoms with Crippen molar-refractivity contribution in [2.24, 2.45) is 0 Å². The molecule has 1 N–H and O–H groups in total. The van der Waals surface area contributed by atoms with Crippen molar-refractivity contribution in [1.29, 1.82) is 0 Å². The van der Waals surface area contributed by atoms with Crippen molar-refractivity contribution >= 4 is 15.5 Å². The Labute approximate surface area is 101 Å². The number of hydrogen-bond acceptors (Lipinski definition) is 4. The summed E-state index contributed by atoms with van der Waals surface area (Å²) in [6, 6.07) is 4.16. The van der Waals surface area contributed by atoms with Crippen LogP contribution in [0, 0.1) is 5.82 Å². The maximum absolute atomic E-state index is 12.9. The Bertz CT molecular complexity index is 474. The number of methoxy groups -OCH3 is 1. The van der Waals surface area contributed by atoms with E-state index in [1.807, 2.05) is 0 Å². The molecular weight excluding hydrogens is 245 g/mol.